The number of amides is 2. The van der Waals surface area contributed by atoms with Crippen LogP contribution in [0.25, 0.3) is 10.2 Å². The Morgan fingerprint density at radius 1 is 1.32 bits per heavy atom. The highest BCUT2D eigenvalue weighted by Gasteiger charge is 2.21. The molecule has 0 atom stereocenters. The van der Waals surface area contributed by atoms with Gasteiger partial charge in [0.25, 0.3) is 0 Å². The molecule has 1 heterocycles. The maximum atomic E-state index is 11.9. The van der Waals surface area contributed by atoms with Crippen molar-refractivity contribution in [3.8, 4) is 5.75 Å². The first kappa shape index (κ1) is 16.2. The molecule has 22 heavy (non-hydrogen) atoms. The number of thiazole rings is 1. The average molecular weight is 321 g/mol. The lowest BCUT2D eigenvalue weighted by molar-refractivity contribution is -0.130. The maximum absolute atomic E-state index is 11.9. The second-order valence-electron chi connectivity index (χ2n) is 5.83. The van der Waals surface area contributed by atoms with Crippen molar-refractivity contribution in [1.82, 2.24) is 10.3 Å². The number of benzene rings is 1. The van der Waals surface area contributed by atoms with Gasteiger partial charge in [-0.05, 0) is 18.2 Å². The molecule has 0 spiro atoms. The molecule has 0 bridgehead atoms. The Balaban J connectivity index is 1.98. The first-order valence-electron chi connectivity index (χ1n) is 6.82. The van der Waals surface area contributed by atoms with Gasteiger partial charge in [-0.3, -0.25) is 9.59 Å². The third-order valence-corrected chi connectivity index (χ3v) is 3.87. The lowest BCUT2D eigenvalue weighted by Crippen LogP contribution is -2.39. The molecular weight excluding hydrogens is 302 g/mol. The topological polar surface area (TPSA) is 80.3 Å². The van der Waals surface area contributed by atoms with Crippen molar-refractivity contribution in [1.29, 1.82) is 0 Å². The van der Waals surface area contributed by atoms with Gasteiger partial charge in [0, 0.05) is 5.41 Å². The number of carbonyl (C=O) groups is 2. The molecule has 0 saturated carbocycles. The predicted octanol–water partition coefficient (Wildman–Crippen LogP) is 2.41. The second kappa shape index (κ2) is 6.31. The van der Waals surface area contributed by atoms with Gasteiger partial charge in [0.15, 0.2) is 5.13 Å². The summed E-state index contributed by atoms with van der Waals surface area (Å²) in [5, 5.41) is 5.79. The minimum Gasteiger partial charge on any atom is -0.497 e. The molecular formula is C15H19N3O3S. The summed E-state index contributed by atoms with van der Waals surface area (Å²) in [6.07, 6.45) is 0. The number of nitrogens with one attached hydrogen (secondary N) is 2. The smallest absolute Gasteiger partial charge is 0.245 e. The van der Waals surface area contributed by atoms with Crippen LogP contribution in [0.5, 0.6) is 5.75 Å². The zero-order valence-electron chi connectivity index (χ0n) is 13.0. The lowest BCUT2D eigenvalue weighted by atomic mass is 9.96. The van der Waals surface area contributed by atoms with Gasteiger partial charge in [-0.1, -0.05) is 32.1 Å². The van der Waals surface area contributed by atoms with Crippen molar-refractivity contribution < 1.29 is 14.3 Å². The van der Waals surface area contributed by atoms with Gasteiger partial charge in [0.05, 0.1) is 23.9 Å². The van der Waals surface area contributed by atoms with E-state index >= 15 is 0 Å². The summed E-state index contributed by atoms with van der Waals surface area (Å²) in [7, 11) is 1.60. The molecule has 0 unspecified atom stereocenters. The highest BCUT2D eigenvalue weighted by molar-refractivity contribution is 7.22. The van der Waals surface area contributed by atoms with E-state index in [-0.39, 0.29) is 18.4 Å². The lowest BCUT2D eigenvalue weighted by Gasteiger charge is -2.17. The quantitative estimate of drug-likeness (QED) is 0.906. The molecule has 6 nitrogen and oxygen atoms in total. The second-order valence-corrected chi connectivity index (χ2v) is 6.86. The van der Waals surface area contributed by atoms with Crippen LogP contribution in [0.15, 0.2) is 18.2 Å². The molecule has 0 radical (unpaired) electrons. The van der Waals surface area contributed by atoms with Crippen LogP contribution in [0.2, 0.25) is 0 Å². The SMILES string of the molecule is COc1ccc2nc(NC(=O)CNC(=O)C(C)(C)C)sc2c1. The average Bonchev–Trinajstić information content (AvgIpc) is 2.84. The van der Waals surface area contributed by atoms with Gasteiger partial charge in [0.2, 0.25) is 11.8 Å². The van der Waals surface area contributed by atoms with E-state index < -0.39 is 5.41 Å². The van der Waals surface area contributed by atoms with E-state index in [4.69, 9.17) is 4.74 Å². The summed E-state index contributed by atoms with van der Waals surface area (Å²) >= 11 is 1.36. The van der Waals surface area contributed by atoms with Crippen LogP contribution in [-0.4, -0.2) is 30.5 Å². The Morgan fingerprint density at radius 3 is 2.68 bits per heavy atom. The van der Waals surface area contributed by atoms with E-state index in [2.05, 4.69) is 15.6 Å². The van der Waals surface area contributed by atoms with Crippen molar-refractivity contribution in [2.75, 3.05) is 19.0 Å². The number of anilines is 1. The number of aromatic nitrogens is 1. The van der Waals surface area contributed by atoms with E-state index in [0.717, 1.165) is 16.0 Å². The number of hydrogen-bond donors (Lipinski definition) is 2. The fraction of sp³-hybridized carbons (Fsp3) is 0.400. The molecule has 118 valence electrons. The molecule has 2 rings (SSSR count). The summed E-state index contributed by atoms with van der Waals surface area (Å²) in [4.78, 5) is 27.9. The number of fused-ring (bicyclic) bond motifs is 1. The van der Waals surface area contributed by atoms with E-state index in [0.29, 0.717) is 5.13 Å². The van der Waals surface area contributed by atoms with Gasteiger partial charge < -0.3 is 15.4 Å². The Bertz CT molecular complexity index is 704. The number of nitrogens with zero attached hydrogens (tertiary/aromatic N) is 1. The van der Waals surface area contributed by atoms with E-state index in [1.165, 1.54) is 11.3 Å². The Labute approximate surface area is 132 Å². The largest absolute Gasteiger partial charge is 0.497 e. The van der Waals surface area contributed by atoms with Crippen molar-refractivity contribution in [2.45, 2.75) is 20.8 Å². The molecule has 0 aliphatic heterocycles. The van der Waals surface area contributed by atoms with E-state index in [1.54, 1.807) is 27.9 Å². The fourth-order valence-corrected chi connectivity index (χ4v) is 2.59. The number of carbonyl (C=O) groups excluding carboxylic acids is 2. The zero-order chi connectivity index (χ0) is 16.3. The Kier molecular flexibility index (Phi) is 4.65. The zero-order valence-corrected chi connectivity index (χ0v) is 13.8. The highest BCUT2D eigenvalue weighted by Crippen LogP contribution is 2.29. The Morgan fingerprint density at radius 2 is 2.05 bits per heavy atom. The first-order chi connectivity index (χ1) is 10.3. The number of hydrogen-bond acceptors (Lipinski definition) is 5. The third-order valence-electron chi connectivity index (χ3n) is 2.93. The van der Waals surface area contributed by atoms with Crippen LogP contribution in [0.1, 0.15) is 20.8 Å². The normalized spacial score (nSPS) is 11.3. The number of ether oxygens (including phenoxy) is 1. The molecule has 0 aliphatic rings. The van der Waals surface area contributed by atoms with Gasteiger partial charge in [-0.15, -0.1) is 0 Å². The van der Waals surface area contributed by atoms with Crippen LogP contribution >= 0.6 is 11.3 Å². The third kappa shape index (κ3) is 3.94. The van der Waals surface area contributed by atoms with Crippen molar-refractivity contribution >= 4 is 38.5 Å². The van der Waals surface area contributed by atoms with E-state index in [1.807, 2.05) is 18.2 Å². The molecule has 7 heteroatoms. The molecule has 0 saturated heterocycles. The molecule has 0 fully saturated rings. The maximum Gasteiger partial charge on any atom is 0.245 e. The molecule has 1 aromatic heterocycles. The Hall–Kier alpha value is -2.15. The van der Waals surface area contributed by atoms with Gasteiger partial charge in [-0.25, -0.2) is 4.98 Å². The van der Waals surface area contributed by atoms with Crippen LogP contribution in [0.4, 0.5) is 5.13 Å². The minimum atomic E-state index is -0.521. The van der Waals surface area contributed by atoms with Crippen molar-refractivity contribution in [2.24, 2.45) is 5.41 Å². The molecule has 2 aromatic rings. The van der Waals surface area contributed by atoms with E-state index in [9.17, 15) is 9.59 Å². The fourth-order valence-electron chi connectivity index (χ4n) is 1.67. The monoisotopic (exact) mass is 321 g/mol. The molecule has 0 aliphatic carbocycles. The molecule has 2 amide bonds. The minimum absolute atomic E-state index is 0.0741. The van der Waals surface area contributed by atoms with Gasteiger partial charge in [0.1, 0.15) is 5.75 Å². The predicted molar refractivity (Wildman–Crippen MR) is 87.3 cm³/mol. The van der Waals surface area contributed by atoms with Crippen molar-refractivity contribution in [3.63, 3.8) is 0 Å². The highest BCUT2D eigenvalue weighted by atomic mass is 32.1. The standard InChI is InChI=1S/C15H19N3O3S/c1-15(2,3)13(20)16-8-12(19)18-14-17-10-6-5-9(21-4)7-11(10)22-14/h5-7H,8H2,1-4H3,(H,16,20)(H,17,18,19). The summed E-state index contributed by atoms with van der Waals surface area (Å²) in [6, 6.07) is 5.52. The summed E-state index contributed by atoms with van der Waals surface area (Å²) < 4.78 is 6.08. The number of rotatable bonds is 4. The molecule has 2 N–H and O–H groups in total. The van der Waals surface area contributed by atoms with Crippen LogP contribution in [0, 0.1) is 5.41 Å². The van der Waals surface area contributed by atoms with Gasteiger partial charge in [-0.2, -0.15) is 0 Å². The van der Waals surface area contributed by atoms with Crippen LogP contribution in [0.3, 0.4) is 0 Å². The summed E-state index contributed by atoms with van der Waals surface area (Å²) in [6.45, 7) is 5.30. The van der Waals surface area contributed by atoms with Crippen LogP contribution < -0.4 is 15.4 Å². The van der Waals surface area contributed by atoms with Crippen molar-refractivity contribution in [3.05, 3.63) is 18.2 Å². The first-order valence-corrected chi connectivity index (χ1v) is 7.64. The number of methoxy groups -OCH3 is 1. The summed E-state index contributed by atoms with van der Waals surface area (Å²) in [5.74, 6) is 0.270. The van der Waals surface area contributed by atoms with Crippen LogP contribution in [-0.2, 0) is 9.59 Å². The molecule has 1 aromatic carbocycles. The van der Waals surface area contributed by atoms with Gasteiger partial charge >= 0.3 is 0 Å². The summed E-state index contributed by atoms with van der Waals surface area (Å²) in [5.41, 5.74) is 0.270.